The number of nitro benzene ring substituents is 1. The normalized spacial score (nSPS) is 10.3. The number of benzene rings is 1. The van der Waals surface area contributed by atoms with Crippen molar-refractivity contribution >= 4 is 5.69 Å². The monoisotopic (exact) mass is 245 g/mol. The minimum atomic E-state index is -0.492. The average Bonchev–Trinajstić information content (AvgIpc) is 2.38. The van der Waals surface area contributed by atoms with Gasteiger partial charge in [-0.25, -0.2) is 4.98 Å². The summed E-state index contributed by atoms with van der Waals surface area (Å²) in [7, 11) is 0. The number of nitrogens with one attached hydrogen (secondary N) is 1. The van der Waals surface area contributed by atoms with Crippen LogP contribution in [0.1, 0.15) is 12.6 Å². The molecule has 0 saturated carbocycles. The van der Waals surface area contributed by atoms with E-state index in [2.05, 4.69) is 9.97 Å². The van der Waals surface area contributed by atoms with Gasteiger partial charge in [-0.1, -0.05) is 19.1 Å². The van der Waals surface area contributed by atoms with Crippen LogP contribution in [0.2, 0.25) is 0 Å². The van der Waals surface area contributed by atoms with E-state index in [0.29, 0.717) is 17.7 Å². The van der Waals surface area contributed by atoms with E-state index in [1.165, 1.54) is 12.1 Å². The van der Waals surface area contributed by atoms with Gasteiger partial charge in [-0.15, -0.1) is 0 Å². The molecule has 1 aromatic carbocycles. The predicted octanol–water partition coefficient (Wildman–Crippen LogP) is 1.91. The number of nitro groups is 1. The topological polar surface area (TPSA) is 88.9 Å². The Kier molecular flexibility index (Phi) is 3.18. The lowest BCUT2D eigenvalue weighted by molar-refractivity contribution is -0.384. The van der Waals surface area contributed by atoms with Gasteiger partial charge in [0.25, 0.3) is 11.2 Å². The highest BCUT2D eigenvalue weighted by Crippen LogP contribution is 2.25. The van der Waals surface area contributed by atoms with E-state index in [0.717, 1.165) is 0 Å². The number of nitrogens with zero attached hydrogens (tertiary/aromatic N) is 2. The van der Waals surface area contributed by atoms with Crippen LogP contribution in [0.3, 0.4) is 0 Å². The summed E-state index contributed by atoms with van der Waals surface area (Å²) in [4.78, 5) is 28.6. The quantitative estimate of drug-likeness (QED) is 0.660. The summed E-state index contributed by atoms with van der Waals surface area (Å²) < 4.78 is 0. The molecule has 18 heavy (non-hydrogen) atoms. The van der Waals surface area contributed by atoms with Crippen molar-refractivity contribution in [1.29, 1.82) is 0 Å². The number of hydrogen-bond acceptors (Lipinski definition) is 4. The molecule has 0 aliphatic carbocycles. The molecule has 1 N–H and O–H groups in total. The Labute approximate surface area is 102 Å². The van der Waals surface area contributed by atoms with Gasteiger partial charge in [0.1, 0.15) is 5.82 Å². The van der Waals surface area contributed by atoms with Crippen LogP contribution in [0.4, 0.5) is 5.69 Å². The van der Waals surface area contributed by atoms with E-state index in [-0.39, 0.29) is 17.1 Å². The van der Waals surface area contributed by atoms with E-state index in [1.54, 1.807) is 18.2 Å². The van der Waals surface area contributed by atoms with Crippen molar-refractivity contribution in [2.75, 3.05) is 0 Å². The molecule has 0 unspecified atom stereocenters. The van der Waals surface area contributed by atoms with E-state index in [9.17, 15) is 14.9 Å². The summed E-state index contributed by atoms with van der Waals surface area (Å²) in [5, 5.41) is 10.9. The third-order valence-electron chi connectivity index (χ3n) is 2.51. The standard InChI is InChI=1S/C12H11N3O3/c1-2-8-7-11(16)14-12(13-8)9-5-3-4-6-10(9)15(17)18/h3-7H,2H2,1H3,(H,13,14,16). The van der Waals surface area contributed by atoms with Crippen LogP contribution < -0.4 is 5.56 Å². The lowest BCUT2D eigenvalue weighted by atomic mass is 10.1. The van der Waals surface area contributed by atoms with Crippen LogP contribution >= 0.6 is 0 Å². The molecule has 1 aromatic heterocycles. The van der Waals surface area contributed by atoms with Crippen LogP contribution in [0.5, 0.6) is 0 Å². The number of H-pyrrole nitrogens is 1. The van der Waals surface area contributed by atoms with Gasteiger partial charge in [-0.3, -0.25) is 14.9 Å². The molecule has 0 aliphatic rings. The number of aromatic nitrogens is 2. The summed E-state index contributed by atoms with van der Waals surface area (Å²) in [6.07, 6.45) is 0.595. The number of rotatable bonds is 3. The maximum atomic E-state index is 11.5. The van der Waals surface area contributed by atoms with Crippen molar-refractivity contribution in [3.05, 3.63) is 56.5 Å². The Morgan fingerprint density at radius 3 is 2.78 bits per heavy atom. The van der Waals surface area contributed by atoms with Gasteiger partial charge in [0.05, 0.1) is 10.5 Å². The van der Waals surface area contributed by atoms with Gasteiger partial charge >= 0.3 is 0 Å². The largest absolute Gasteiger partial charge is 0.306 e. The Balaban J connectivity index is 2.65. The third kappa shape index (κ3) is 2.27. The number of para-hydroxylation sites is 1. The SMILES string of the molecule is CCc1cc(=O)[nH]c(-c2ccccc2[N+](=O)[O-])n1. The third-order valence-corrected chi connectivity index (χ3v) is 2.51. The Hall–Kier alpha value is -2.50. The second-order valence-corrected chi connectivity index (χ2v) is 3.71. The molecule has 6 heteroatoms. The van der Waals surface area contributed by atoms with Gasteiger partial charge in [-0.2, -0.15) is 0 Å². The molecule has 0 aliphatic heterocycles. The molecule has 6 nitrogen and oxygen atoms in total. The van der Waals surface area contributed by atoms with Crippen LogP contribution in [-0.4, -0.2) is 14.9 Å². The average molecular weight is 245 g/mol. The van der Waals surface area contributed by atoms with E-state index in [1.807, 2.05) is 6.92 Å². The second kappa shape index (κ2) is 4.79. The van der Waals surface area contributed by atoms with Gasteiger partial charge in [0.2, 0.25) is 0 Å². The fourth-order valence-electron chi connectivity index (χ4n) is 1.65. The minimum Gasteiger partial charge on any atom is -0.306 e. The second-order valence-electron chi connectivity index (χ2n) is 3.71. The van der Waals surface area contributed by atoms with E-state index < -0.39 is 4.92 Å². The molecule has 0 atom stereocenters. The van der Waals surface area contributed by atoms with E-state index in [4.69, 9.17) is 0 Å². The van der Waals surface area contributed by atoms with Crippen molar-refractivity contribution in [2.24, 2.45) is 0 Å². The van der Waals surface area contributed by atoms with Crippen LogP contribution in [0, 0.1) is 10.1 Å². The van der Waals surface area contributed by atoms with Crippen LogP contribution in [0.15, 0.2) is 35.1 Å². The summed E-state index contributed by atoms with van der Waals surface area (Å²) in [6, 6.07) is 7.58. The predicted molar refractivity (Wildman–Crippen MR) is 66.3 cm³/mol. The molecule has 0 saturated heterocycles. The van der Waals surface area contributed by atoms with Crippen molar-refractivity contribution < 1.29 is 4.92 Å². The molecular formula is C12H11N3O3. The summed E-state index contributed by atoms with van der Waals surface area (Å²) in [5.74, 6) is 0.228. The van der Waals surface area contributed by atoms with Gasteiger partial charge in [0, 0.05) is 17.8 Å². The first-order valence-electron chi connectivity index (χ1n) is 5.46. The zero-order valence-electron chi connectivity index (χ0n) is 9.71. The molecule has 0 bridgehead atoms. The molecule has 2 rings (SSSR count). The molecule has 0 amide bonds. The lowest BCUT2D eigenvalue weighted by Crippen LogP contribution is -2.10. The van der Waals surface area contributed by atoms with Crippen LogP contribution in [0.25, 0.3) is 11.4 Å². The molecule has 92 valence electrons. The molecular weight excluding hydrogens is 234 g/mol. The highest BCUT2D eigenvalue weighted by molar-refractivity contribution is 5.67. The summed E-state index contributed by atoms with van der Waals surface area (Å²) >= 11 is 0. The Morgan fingerprint density at radius 2 is 2.11 bits per heavy atom. The molecule has 0 radical (unpaired) electrons. The van der Waals surface area contributed by atoms with Crippen LogP contribution in [-0.2, 0) is 6.42 Å². The van der Waals surface area contributed by atoms with Crippen molar-refractivity contribution in [3.8, 4) is 11.4 Å². The molecule has 1 heterocycles. The van der Waals surface area contributed by atoms with E-state index >= 15 is 0 Å². The molecule has 2 aromatic rings. The smallest absolute Gasteiger partial charge is 0.280 e. The highest BCUT2D eigenvalue weighted by atomic mass is 16.6. The highest BCUT2D eigenvalue weighted by Gasteiger charge is 2.16. The first-order valence-corrected chi connectivity index (χ1v) is 5.46. The minimum absolute atomic E-state index is 0.0751. The fourth-order valence-corrected chi connectivity index (χ4v) is 1.65. The number of aromatic amines is 1. The van der Waals surface area contributed by atoms with Gasteiger partial charge in [0.15, 0.2) is 0 Å². The fraction of sp³-hybridized carbons (Fsp3) is 0.167. The number of aryl methyl sites for hydroxylation is 1. The van der Waals surface area contributed by atoms with Gasteiger partial charge < -0.3 is 4.98 Å². The first kappa shape index (κ1) is 12.0. The first-order chi connectivity index (χ1) is 8.61. The Morgan fingerprint density at radius 1 is 1.39 bits per heavy atom. The maximum Gasteiger partial charge on any atom is 0.280 e. The number of hydrogen-bond donors (Lipinski definition) is 1. The van der Waals surface area contributed by atoms with Crippen molar-refractivity contribution in [3.63, 3.8) is 0 Å². The maximum absolute atomic E-state index is 11.5. The molecule has 0 fully saturated rings. The van der Waals surface area contributed by atoms with Gasteiger partial charge in [-0.05, 0) is 12.5 Å². The lowest BCUT2D eigenvalue weighted by Gasteiger charge is -2.03. The zero-order chi connectivity index (χ0) is 13.1. The summed E-state index contributed by atoms with van der Waals surface area (Å²) in [5.41, 5.74) is 0.533. The van der Waals surface area contributed by atoms with Crippen molar-refractivity contribution in [1.82, 2.24) is 9.97 Å². The zero-order valence-corrected chi connectivity index (χ0v) is 9.71. The molecule has 0 spiro atoms. The summed E-state index contributed by atoms with van der Waals surface area (Å²) in [6.45, 7) is 1.87. The Bertz CT molecular complexity index is 649. The van der Waals surface area contributed by atoms with Crippen molar-refractivity contribution in [2.45, 2.75) is 13.3 Å².